The summed E-state index contributed by atoms with van der Waals surface area (Å²) >= 11 is 0. The summed E-state index contributed by atoms with van der Waals surface area (Å²) in [6.45, 7) is 15.5. The number of rotatable bonds is 3. The van der Waals surface area contributed by atoms with Gasteiger partial charge in [-0.1, -0.05) is 60.1 Å². The first-order valence-electron chi connectivity index (χ1n) is 16.7. The van der Waals surface area contributed by atoms with E-state index in [1.807, 2.05) is 29.8 Å². The topological polar surface area (TPSA) is 92.8 Å². The number of allylic oxidation sites excluding steroid dienone is 4. The van der Waals surface area contributed by atoms with Crippen LogP contribution in [0.15, 0.2) is 35.7 Å². The predicted molar refractivity (Wildman–Crippen MR) is 166 cm³/mol. The average molecular weight is 584 g/mol. The van der Waals surface area contributed by atoms with Gasteiger partial charge in [0.25, 0.3) is 0 Å². The number of aromatic nitrogens is 2. The van der Waals surface area contributed by atoms with E-state index in [0.29, 0.717) is 6.42 Å². The third kappa shape index (κ3) is 4.16. The minimum atomic E-state index is -0.556. The molecule has 8 atom stereocenters. The summed E-state index contributed by atoms with van der Waals surface area (Å²) in [6, 6.07) is 2.18. The predicted octanol–water partition coefficient (Wildman–Crippen LogP) is 7.70. The smallest absolute Gasteiger partial charge is 0.238 e. The highest BCUT2D eigenvalue weighted by atomic mass is 16.2. The lowest BCUT2D eigenvalue weighted by molar-refractivity contribution is -0.138. The second-order valence-electron chi connectivity index (χ2n) is 16.3. The number of Topliss-reactive ketones (excluding diaryl/α,β-unsaturated/α-hetero) is 1. The van der Waals surface area contributed by atoms with E-state index in [4.69, 9.17) is 0 Å². The van der Waals surface area contributed by atoms with E-state index in [1.165, 1.54) is 5.57 Å². The Kier molecular flexibility index (Phi) is 6.92. The standard InChI is InChI=1S/C37H49N3O3/c1-8-9-29-39-16-17-40(29)32(43)37-11-10-26-30(27(37)21-33(3,4)12-15-37)28(41)18-25-20-34(5)19-24(22-38)31(42)23(2)36(34,7)14-13-35(25,26)6/h16-19,23,26-27,30H,8-15,20-21H2,1-7H3/t23-,26?,27?,30?,34+,35+,36?,37+/m0/s1. The maximum absolute atomic E-state index is 14.6. The number of hydrogen-bond donors (Lipinski definition) is 0. The number of nitriles is 1. The number of fused-ring (bicyclic) bond motifs is 6. The molecule has 230 valence electrons. The van der Waals surface area contributed by atoms with Crippen molar-refractivity contribution in [3.05, 3.63) is 41.5 Å². The van der Waals surface area contributed by atoms with Gasteiger partial charge in [0.1, 0.15) is 11.9 Å². The Balaban J connectivity index is 1.44. The molecular weight excluding hydrogens is 534 g/mol. The third-order valence-corrected chi connectivity index (χ3v) is 13.8. The lowest BCUT2D eigenvalue weighted by Crippen LogP contribution is -2.59. The van der Waals surface area contributed by atoms with E-state index in [-0.39, 0.29) is 68.4 Å². The van der Waals surface area contributed by atoms with Crippen LogP contribution in [0.2, 0.25) is 0 Å². The summed E-state index contributed by atoms with van der Waals surface area (Å²) < 4.78 is 1.82. The van der Waals surface area contributed by atoms with Gasteiger partial charge in [0.15, 0.2) is 11.6 Å². The van der Waals surface area contributed by atoms with Gasteiger partial charge in [-0.2, -0.15) is 5.26 Å². The van der Waals surface area contributed by atoms with Crippen LogP contribution in [0, 0.1) is 62.1 Å². The molecule has 0 radical (unpaired) electrons. The van der Waals surface area contributed by atoms with Gasteiger partial charge in [-0.05, 0) is 97.4 Å². The quantitative estimate of drug-likeness (QED) is 0.364. The summed E-state index contributed by atoms with van der Waals surface area (Å²) in [5, 5.41) is 9.81. The Morgan fingerprint density at radius 3 is 2.51 bits per heavy atom. The van der Waals surface area contributed by atoms with Crippen molar-refractivity contribution in [3.63, 3.8) is 0 Å². The van der Waals surface area contributed by atoms with Gasteiger partial charge >= 0.3 is 0 Å². The number of carbonyl (C=O) groups excluding carboxylic acids is 3. The van der Waals surface area contributed by atoms with Crippen LogP contribution in [0.1, 0.15) is 117 Å². The molecule has 0 spiro atoms. The molecule has 5 aliphatic carbocycles. The van der Waals surface area contributed by atoms with Crippen molar-refractivity contribution in [2.45, 2.75) is 113 Å². The van der Waals surface area contributed by atoms with E-state index in [0.717, 1.165) is 63.6 Å². The first-order chi connectivity index (χ1) is 20.2. The van der Waals surface area contributed by atoms with Gasteiger partial charge in [-0.25, -0.2) is 4.98 Å². The largest absolute Gasteiger partial charge is 0.295 e. The average Bonchev–Trinajstić information content (AvgIpc) is 3.40. The van der Waals surface area contributed by atoms with Crippen molar-refractivity contribution < 1.29 is 14.4 Å². The van der Waals surface area contributed by atoms with Crippen LogP contribution in [-0.4, -0.2) is 27.0 Å². The molecule has 1 aromatic heterocycles. The number of nitrogens with zero attached hydrogens (tertiary/aromatic N) is 3. The van der Waals surface area contributed by atoms with Crippen LogP contribution in [0.5, 0.6) is 0 Å². The fraction of sp³-hybridized carbons (Fsp3) is 0.703. The third-order valence-electron chi connectivity index (χ3n) is 13.8. The Morgan fingerprint density at radius 1 is 1.07 bits per heavy atom. The van der Waals surface area contributed by atoms with E-state index < -0.39 is 5.41 Å². The van der Waals surface area contributed by atoms with E-state index >= 15 is 0 Å². The Labute approximate surface area is 257 Å². The Hall–Kier alpha value is -2.81. The Bertz CT molecular complexity index is 1490. The van der Waals surface area contributed by atoms with Crippen LogP contribution < -0.4 is 0 Å². The van der Waals surface area contributed by atoms with Crippen molar-refractivity contribution in [2.75, 3.05) is 0 Å². The van der Waals surface area contributed by atoms with Gasteiger partial charge in [0.2, 0.25) is 5.91 Å². The SMILES string of the molecule is CCCc1nccn1C(=O)[C@@]12CCC3C(C(=O)C=C4C[C@@]5(C)C=C(C#N)C(=O)[C@H](C)C5(C)CC[C@]43C)C1CC(C)(C)CC2. The highest BCUT2D eigenvalue weighted by Crippen LogP contribution is 2.69. The maximum atomic E-state index is 14.6. The molecule has 0 aromatic carbocycles. The van der Waals surface area contributed by atoms with E-state index in [2.05, 4.69) is 52.6 Å². The van der Waals surface area contributed by atoms with Gasteiger partial charge in [-0.15, -0.1) is 0 Å². The molecule has 0 aliphatic heterocycles. The minimum absolute atomic E-state index is 0.0104. The number of ketones is 2. The number of carbonyl (C=O) groups is 3. The highest BCUT2D eigenvalue weighted by Gasteiger charge is 2.65. The fourth-order valence-corrected chi connectivity index (χ4v) is 10.5. The van der Waals surface area contributed by atoms with Crippen molar-refractivity contribution >= 4 is 17.5 Å². The molecule has 6 heteroatoms. The molecule has 6 nitrogen and oxygen atoms in total. The fourth-order valence-electron chi connectivity index (χ4n) is 10.5. The number of imidazole rings is 1. The zero-order valence-corrected chi connectivity index (χ0v) is 27.3. The van der Waals surface area contributed by atoms with E-state index in [1.54, 1.807) is 6.20 Å². The van der Waals surface area contributed by atoms with Crippen molar-refractivity contribution in [1.82, 2.24) is 9.55 Å². The van der Waals surface area contributed by atoms with E-state index in [9.17, 15) is 19.6 Å². The van der Waals surface area contributed by atoms with Gasteiger partial charge in [0, 0.05) is 30.7 Å². The van der Waals surface area contributed by atoms with Crippen LogP contribution in [0.4, 0.5) is 0 Å². The summed E-state index contributed by atoms with van der Waals surface area (Å²) in [6.07, 6.45) is 16.0. The molecule has 6 rings (SSSR count). The van der Waals surface area contributed by atoms with Crippen molar-refractivity contribution in [3.8, 4) is 6.07 Å². The Morgan fingerprint density at radius 2 is 1.81 bits per heavy atom. The lowest BCUT2D eigenvalue weighted by Gasteiger charge is -2.60. The van der Waals surface area contributed by atoms with Crippen LogP contribution in [-0.2, 0) is 16.0 Å². The zero-order chi connectivity index (χ0) is 31.2. The normalized spacial score (nSPS) is 41.8. The van der Waals surface area contributed by atoms with Gasteiger partial charge in [0.05, 0.1) is 11.0 Å². The van der Waals surface area contributed by atoms with Crippen molar-refractivity contribution in [1.29, 1.82) is 5.26 Å². The first-order valence-corrected chi connectivity index (χ1v) is 16.7. The summed E-state index contributed by atoms with van der Waals surface area (Å²) in [5.41, 5.74) is 0.0844. The molecule has 5 aliphatic rings. The number of hydrogen-bond acceptors (Lipinski definition) is 5. The second kappa shape index (κ2) is 9.85. The summed E-state index contributed by atoms with van der Waals surface area (Å²) in [7, 11) is 0. The zero-order valence-electron chi connectivity index (χ0n) is 27.3. The maximum Gasteiger partial charge on any atom is 0.238 e. The second-order valence-corrected chi connectivity index (χ2v) is 16.3. The van der Waals surface area contributed by atoms with Crippen LogP contribution in [0.25, 0.3) is 0 Å². The number of aryl methyl sites for hydroxylation is 1. The first kappa shape index (κ1) is 30.2. The lowest BCUT2D eigenvalue weighted by atomic mass is 9.43. The molecule has 3 fully saturated rings. The minimum Gasteiger partial charge on any atom is -0.295 e. The highest BCUT2D eigenvalue weighted by molar-refractivity contribution is 6.02. The molecule has 0 N–H and O–H groups in total. The summed E-state index contributed by atoms with van der Waals surface area (Å²) in [4.78, 5) is 46.9. The molecule has 0 saturated heterocycles. The van der Waals surface area contributed by atoms with Crippen LogP contribution >= 0.6 is 0 Å². The molecule has 0 amide bonds. The van der Waals surface area contributed by atoms with Gasteiger partial charge < -0.3 is 0 Å². The molecule has 0 bridgehead atoms. The molecule has 4 unspecified atom stereocenters. The molecule has 43 heavy (non-hydrogen) atoms. The summed E-state index contributed by atoms with van der Waals surface area (Å²) in [5.74, 6) is 0.831. The van der Waals surface area contributed by atoms with Crippen molar-refractivity contribution in [2.24, 2.45) is 50.7 Å². The molecule has 1 heterocycles. The van der Waals surface area contributed by atoms with Gasteiger partial charge in [-0.3, -0.25) is 19.0 Å². The molecular formula is C37H49N3O3. The monoisotopic (exact) mass is 583 g/mol. The van der Waals surface area contributed by atoms with Crippen LogP contribution in [0.3, 0.4) is 0 Å². The molecule has 3 saturated carbocycles. The molecule has 1 aromatic rings.